The Balaban J connectivity index is 2.16. The van der Waals surface area contributed by atoms with Crippen molar-refractivity contribution >= 4 is 11.5 Å². The van der Waals surface area contributed by atoms with Gasteiger partial charge in [-0.15, -0.1) is 0 Å². The van der Waals surface area contributed by atoms with Crippen molar-refractivity contribution in [3.63, 3.8) is 0 Å². The van der Waals surface area contributed by atoms with Crippen LogP contribution < -0.4 is 5.32 Å². The molecule has 1 aromatic carbocycles. The molecule has 0 saturated heterocycles. The minimum atomic E-state index is 0.0274. The number of nitrogens with zero attached hydrogens (tertiary/aromatic N) is 1. The highest BCUT2D eigenvalue weighted by Crippen LogP contribution is 2.37. The summed E-state index contributed by atoms with van der Waals surface area (Å²) in [6.45, 7) is 4.69. The van der Waals surface area contributed by atoms with Crippen LogP contribution in [0.15, 0.2) is 18.2 Å². The molecule has 0 aromatic heterocycles. The van der Waals surface area contributed by atoms with Crippen LogP contribution in [0.25, 0.3) is 0 Å². The first-order valence-electron chi connectivity index (χ1n) is 6.83. The zero-order valence-corrected chi connectivity index (χ0v) is 11.6. The Kier molecular flexibility index (Phi) is 3.90. The van der Waals surface area contributed by atoms with E-state index in [1.165, 1.54) is 25.7 Å². The van der Waals surface area contributed by atoms with Crippen LogP contribution in [-0.4, -0.2) is 12.3 Å². The van der Waals surface area contributed by atoms with Crippen LogP contribution in [0.1, 0.15) is 55.5 Å². The maximum absolute atomic E-state index is 11.4. The van der Waals surface area contributed by atoms with E-state index in [0.717, 1.165) is 12.2 Å². The predicted octanol–water partition coefficient (Wildman–Crippen LogP) is 3.75. The fraction of sp³-hybridized carbons (Fsp3) is 0.500. The summed E-state index contributed by atoms with van der Waals surface area (Å²) in [4.78, 5) is 11.4. The van der Waals surface area contributed by atoms with Crippen molar-refractivity contribution in [2.24, 2.45) is 5.41 Å². The molecule has 2 rings (SSSR count). The minimum absolute atomic E-state index is 0.0274. The molecule has 0 unspecified atom stereocenters. The zero-order chi connectivity index (χ0) is 13.9. The Morgan fingerprint density at radius 1 is 1.42 bits per heavy atom. The number of carbonyl (C=O) groups is 1. The van der Waals surface area contributed by atoms with Gasteiger partial charge in [0.05, 0.1) is 11.3 Å². The zero-order valence-electron chi connectivity index (χ0n) is 11.6. The van der Waals surface area contributed by atoms with Gasteiger partial charge in [0.1, 0.15) is 6.07 Å². The van der Waals surface area contributed by atoms with E-state index in [4.69, 9.17) is 5.26 Å². The second-order valence-electron chi connectivity index (χ2n) is 5.80. The van der Waals surface area contributed by atoms with Crippen molar-refractivity contribution in [1.29, 1.82) is 5.26 Å². The molecule has 1 aliphatic rings. The molecule has 0 radical (unpaired) electrons. The molecule has 19 heavy (non-hydrogen) atoms. The molecule has 1 aromatic rings. The monoisotopic (exact) mass is 256 g/mol. The van der Waals surface area contributed by atoms with E-state index in [9.17, 15) is 4.79 Å². The summed E-state index contributed by atoms with van der Waals surface area (Å²) < 4.78 is 0. The lowest BCUT2D eigenvalue weighted by Gasteiger charge is -2.24. The third-order valence-corrected chi connectivity index (χ3v) is 4.06. The summed E-state index contributed by atoms with van der Waals surface area (Å²) in [5, 5.41) is 12.5. The number of carbonyl (C=O) groups excluding carboxylic acids is 1. The molecular formula is C16H20N2O. The molecular weight excluding hydrogens is 236 g/mol. The first-order valence-corrected chi connectivity index (χ1v) is 6.83. The first kappa shape index (κ1) is 13.6. The van der Waals surface area contributed by atoms with Gasteiger partial charge < -0.3 is 5.32 Å². The highest BCUT2D eigenvalue weighted by atomic mass is 16.1. The Morgan fingerprint density at radius 2 is 2.11 bits per heavy atom. The average molecular weight is 256 g/mol. The van der Waals surface area contributed by atoms with Crippen LogP contribution in [0.3, 0.4) is 0 Å². The number of ketones is 1. The van der Waals surface area contributed by atoms with Gasteiger partial charge in [0, 0.05) is 12.1 Å². The number of rotatable bonds is 4. The molecule has 0 atom stereocenters. The smallest absolute Gasteiger partial charge is 0.159 e. The lowest BCUT2D eigenvalue weighted by molar-refractivity contribution is 0.101. The maximum Gasteiger partial charge on any atom is 0.159 e. The number of Topliss-reactive ketones (excluding diaryl/α,β-unsaturated/α-hetero) is 1. The van der Waals surface area contributed by atoms with E-state index < -0.39 is 0 Å². The van der Waals surface area contributed by atoms with Crippen molar-refractivity contribution in [3.8, 4) is 6.07 Å². The summed E-state index contributed by atoms with van der Waals surface area (Å²) in [6.07, 6.45) is 5.04. The van der Waals surface area contributed by atoms with Crippen LogP contribution in [0.4, 0.5) is 5.69 Å². The van der Waals surface area contributed by atoms with E-state index in [1.807, 2.05) is 0 Å². The molecule has 3 heteroatoms. The van der Waals surface area contributed by atoms with E-state index in [1.54, 1.807) is 25.1 Å². The van der Waals surface area contributed by atoms with Gasteiger partial charge in [0.2, 0.25) is 0 Å². The molecule has 0 bridgehead atoms. The lowest BCUT2D eigenvalue weighted by atomic mass is 9.88. The molecule has 0 aliphatic heterocycles. The third kappa shape index (κ3) is 3.14. The van der Waals surface area contributed by atoms with E-state index in [2.05, 4.69) is 18.3 Å². The second kappa shape index (κ2) is 5.44. The Hall–Kier alpha value is -1.82. The summed E-state index contributed by atoms with van der Waals surface area (Å²) in [6, 6.07) is 7.40. The Labute approximate surface area is 114 Å². The standard InChI is InChI=1S/C16H20N2O/c1-12(19)13-5-6-14(10-17)15(9-13)18-11-16(2)7-3-4-8-16/h5-6,9,18H,3-4,7-8,11H2,1-2H3. The van der Waals surface area contributed by atoms with E-state index >= 15 is 0 Å². The number of hydrogen-bond acceptors (Lipinski definition) is 3. The van der Waals surface area contributed by atoms with Crippen LogP contribution in [0.5, 0.6) is 0 Å². The second-order valence-corrected chi connectivity index (χ2v) is 5.80. The predicted molar refractivity (Wildman–Crippen MR) is 76.2 cm³/mol. The molecule has 1 fully saturated rings. The van der Waals surface area contributed by atoms with Gasteiger partial charge in [-0.2, -0.15) is 5.26 Å². The topological polar surface area (TPSA) is 52.9 Å². The fourth-order valence-corrected chi connectivity index (χ4v) is 2.72. The number of benzene rings is 1. The molecule has 0 heterocycles. The number of hydrogen-bond donors (Lipinski definition) is 1. The largest absolute Gasteiger partial charge is 0.383 e. The van der Waals surface area contributed by atoms with Gasteiger partial charge in [0.25, 0.3) is 0 Å². The van der Waals surface area contributed by atoms with E-state index in [0.29, 0.717) is 16.5 Å². The van der Waals surface area contributed by atoms with Crippen molar-refractivity contribution < 1.29 is 4.79 Å². The maximum atomic E-state index is 11.4. The first-order chi connectivity index (χ1) is 9.04. The highest BCUT2D eigenvalue weighted by Gasteiger charge is 2.28. The van der Waals surface area contributed by atoms with Crippen molar-refractivity contribution in [1.82, 2.24) is 0 Å². The van der Waals surface area contributed by atoms with Gasteiger partial charge in [-0.25, -0.2) is 0 Å². The SMILES string of the molecule is CC(=O)c1ccc(C#N)c(NCC2(C)CCCC2)c1. The molecule has 0 amide bonds. The van der Waals surface area contributed by atoms with Crippen LogP contribution in [0.2, 0.25) is 0 Å². The number of anilines is 1. The molecule has 100 valence electrons. The summed E-state index contributed by atoms with van der Waals surface area (Å²) >= 11 is 0. The van der Waals surface area contributed by atoms with Crippen LogP contribution in [0, 0.1) is 16.7 Å². The minimum Gasteiger partial charge on any atom is -0.383 e. The Bertz CT molecular complexity index is 522. The van der Waals surface area contributed by atoms with Crippen LogP contribution >= 0.6 is 0 Å². The van der Waals surface area contributed by atoms with Gasteiger partial charge >= 0.3 is 0 Å². The quantitative estimate of drug-likeness (QED) is 0.835. The Morgan fingerprint density at radius 3 is 2.68 bits per heavy atom. The van der Waals surface area contributed by atoms with E-state index in [-0.39, 0.29) is 5.78 Å². The summed E-state index contributed by atoms with van der Waals surface area (Å²) in [5.74, 6) is 0.0274. The molecule has 1 aliphatic carbocycles. The fourth-order valence-electron chi connectivity index (χ4n) is 2.72. The molecule has 0 spiro atoms. The third-order valence-electron chi connectivity index (χ3n) is 4.06. The van der Waals surface area contributed by atoms with Crippen molar-refractivity contribution in [2.45, 2.75) is 39.5 Å². The molecule has 1 N–H and O–H groups in total. The molecule has 1 saturated carbocycles. The average Bonchev–Trinajstić information content (AvgIpc) is 2.83. The van der Waals surface area contributed by atoms with Crippen molar-refractivity contribution in [3.05, 3.63) is 29.3 Å². The highest BCUT2D eigenvalue weighted by molar-refractivity contribution is 5.95. The van der Waals surface area contributed by atoms with Gasteiger partial charge in [-0.05, 0) is 43.4 Å². The lowest BCUT2D eigenvalue weighted by Crippen LogP contribution is -2.23. The van der Waals surface area contributed by atoms with Gasteiger partial charge in [0.15, 0.2) is 5.78 Å². The molecule has 3 nitrogen and oxygen atoms in total. The normalized spacial score (nSPS) is 16.9. The van der Waals surface area contributed by atoms with Gasteiger partial charge in [-0.1, -0.05) is 19.8 Å². The van der Waals surface area contributed by atoms with Gasteiger partial charge in [-0.3, -0.25) is 4.79 Å². The number of nitriles is 1. The van der Waals surface area contributed by atoms with Crippen molar-refractivity contribution in [2.75, 3.05) is 11.9 Å². The number of nitrogens with one attached hydrogen (secondary N) is 1. The van der Waals surface area contributed by atoms with Crippen LogP contribution in [-0.2, 0) is 0 Å². The summed E-state index contributed by atoms with van der Waals surface area (Å²) in [7, 11) is 0. The summed E-state index contributed by atoms with van der Waals surface area (Å²) in [5.41, 5.74) is 2.35.